The Morgan fingerprint density at radius 1 is 1.28 bits per heavy atom. The van der Waals surface area contributed by atoms with Gasteiger partial charge in [0, 0.05) is 12.9 Å². The molecule has 1 rings (SSSR count). The number of carbonyl (C=O) groups is 2. The van der Waals surface area contributed by atoms with Gasteiger partial charge in [-0.05, 0) is 26.0 Å². The molecule has 0 aromatic heterocycles. The van der Waals surface area contributed by atoms with Crippen molar-refractivity contribution < 1.29 is 9.59 Å². The Morgan fingerprint density at radius 2 is 1.89 bits per heavy atom. The van der Waals surface area contributed by atoms with Crippen molar-refractivity contribution in [2.75, 3.05) is 18.2 Å². The van der Waals surface area contributed by atoms with Crippen LogP contribution >= 0.6 is 11.6 Å². The average Bonchev–Trinajstić information content (AvgIpc) is 2.38. The summed E-state index contributed by atoms with van der Waals surface area (Å²) in [5.41, 5.74) is 0.232. The van der Waals surface area contributed by atoms with Gasteiger partial charge in [0.2, 0.25) is 5.91 Å². The van der Waals surface area contributed by atoms with Gasteiger partial charge in [0.1, 0.15) is 0 Å². The molecule has 2 N–H and O–H groups in total. The molecule has 0 aliphatic carbocycles. The third kappa shape index (κ3) is 3.23. The van der Waals surface area contributed by atoms with E-state index in [1.165, 1.54) is 0 Å². The number of hydrogen-bond donors (Lipinski definition) is 2. The first-order chi connectivity index (χ1) is 8.42. The van der Waals surface area contributed by atoms with Crippen molar-refractivity contribution in [3.05, 3.63) is 29.8 Å². The van der Waals surface area contributed by atoms with Crippen molar-refractivity contribution in [3.63, 3.8) is 0 Å². The highest BCUT2D eigenvalue weighted by Crippen LogP contribution is 2.22. The van der Waals surface area contributed by atoms with Gasteiger partial charge in [-0.1, -0.05) is 12.1 Å². The molecule has 98 valence electrons. The van der Waals surface area contributed by atoms with E-state index in [2.05, 4.69) is 10.6 Å². The standard InChI is InChI=1S/C13H17ClN2O2/c1-13(2,8-14)12(18)16-10-7-5-4-6-9(10)11(17)15-3/h4-7H,8H2,1-3H3,(H,15,17)(H,16,18). The average molecular weight is 269 g/mol. The molecule has 0 atom stereocenters. The number of hydrogen-bond acceptors (Lipinski definition) is 2. The Morgan fingerprint density at radius 3 is 2.44 bits per heavy atom. The first-order valence-corrected chi connectivity index (χ1v) is 6.14. The van der Waals surface area contributed by atoms with E-state index in [-0.39, 0.29) is 17.7 Å². The van der Waals surface area contributed by atoms with Crippen LogP contribution in [0.5, 0.6) is 0 Å². The van der Waals surface area contributed by atoms with E-state index >= 15 is 0 Å². The largest absolute Gasteiger partial charge is 0.355 e. The molecule has 2 amide bonds. The van der Waals surface area contributed by atoms with Crippen LogP contribution in [0.3, 0.4) is 0 Å². The van der Waals surface area contributed by atoms with Crippen molar-refractivity contribution in [2.45, 2.75) is 13.8 Å². The van der Waals surface area contributed by atoms with E-state index in [1.807, 2.05) is 0 Å². The van der Waals surface area contributed by atoms with Gasteiger partial charge in [0.05, 0.1) is 16.7 Å². The summed E-state index contributed by atoms with van der Waals surface area (Å²) in [7, 11) is 1.55. The lowest BCUT2D eigenvalue weighted by atomic mass is 9.95. The summed E-state index contributed by atoms with van der Waals surface area (Å²) in [5, 5.41) is 5.26. The highest BCUT2D eigenvalue weighted by molar-refractivity contribution is 6.20. The lowest BCUT2D eigenvalue weighted by Crippen LogP contribution is -2.33. The number of anilines is 1. The smallest absolute Gasteiger partial charge is 0.253 e. The van der Waals surface area contributed by atoms with Gasteiger partial charge in [-0.25, -0.2) is 0 Å². The summed E-state index contributed by atoms with van der Waals surface area (Å²) in [5.74, 6) is -0.246. The van der Waals surface area contributed by atoms with E-state index in [4.69, 9.17) is 11.6 Å². The molecule has 0 bridgehead atoms. The van der Waals surface area contributed by atoms with Gasteiger partial charge in [0.25, 0.3) is 5.91 Å². The van der Waals surface area contributed by atoms with Crippen molar-refractivity contribution in [1.29, 1.82) is 0 Å². The van der Waals surface area contributed by atoms with Gasteiger partial charge in [-0.15, -0.1) is 11.6 Å². The van der Waals surface area contributed by atoms with Crippen LogP contribution in [0, 0.1) is 5.41 Å². The monoisotopic (exact) mass is 268 g/mol. The van der Waals surface area contributed by atoms with E-state index in [0.29, 0.717) is 11.3 Å². The summed E-state index contributed by atoms with van der Waals surface area (Å²) < 4.78 is 0. The van der Waals surface area contributed by atoms with E-state index < -0.39 is 5.41 Å². The molecule has 0 aliphatic heterocycles. The minimum Gasteiger partial charge on any atom is -0.355 e. The lowest BCUT2D eigenvalue weighted by molar-refractivity contribution is -0.122. The van der Waals surface area contributed by atoms with Crippen LogP contribution in [0.2, 0.25) is 0 Å². The van der Waals surface area contributed by atoms with Crippen LogP contribution in [0.25, 0.3) is 0 Å². The summed E-state index contributed by atoms with van der Waals surface area (Å²) in [6.45, 7) is 3.50. The molecule has 4 nitrogen and oxygen atoms in total. The fourth-order valence-electron chi connectivity index (χ4n) is 1.28. The number of para-hydroxylation sites is 1. The molecule has 0 saturated carbocycles. The van der Waals surface area contributed by atoms with Gasteiger partial charge in [-0.3, -0.25) is 9.59 Å². The van der Waals surface area contributed by atoms with Crippen molar-refractivity contribution in [2.24, 2.45) is 5.41 Å². The maximum absolute atomic E-state index is 12.0. The maximum atomic E-state index is 12.0. The van der Waals surface area contributed by atoms with Crippen LogP contribution in [-0.2, 0) is 4.79 Å². The summed E-state index contributed by atoms with van der Waals surface area (Å²) in [6.07, 6.45) is 0. The minimum absolute atomic E-state index is 0.209. The second-order valence-electron chi connectivity index (χ2n) is 4.60. The quantitative estimate of drug-likeness (QED) is 0.823. The Hall–Kier alpha value is -1.55. The van der Waals surface area contributed by atoms with E-state index in [1.54, 1.807) is 45.2 Å². The van der Waals surface area contributed by atoms with E-state index in [0.717, 1.165) is 0 Å². The topological polar surface area (TPSA) is 58.2 Å². The minimum atomic E-state index is -0.683. The lowest BCUT2D eigenvalue weighted by Gasteiger charge is -2.21. The van der Waals surface area contributed by atoms with Crippen LogP contribution < -0.4 is 10.6 Å². The number of carbonyl (C=O) groups excluding carboxylic acids is 2. The Balaban J connectivity index is 2.98. The van der Waals surface area contributed by atoms with Crippen LogP contribution in [-0.4, -0.2) is 24.7 Å². The summed E-state index contributed by atoms with van der Waals surface area (Å²) in [6, 6.07) is 6.84. The Kier molecular flexibility index (Phi) is 4.73. The van der Waals surface area contributed by atoms with E-state index in [9.17, 15) is 9.59 Å². The number of alkyl halides is 1. The third-order valence-electron chi connectivity index (χ3n) is 2.60. The van der Waals surface area contributed by atoms with Crippen LogP contribution in [0.15, 0.2) is 24.3 Å². The number of halogens is 1. The molecule has 0 heterocycles. The van der Waals surface area contributed by atoms with Crippen LogP contribution in [0.1, 0.15) is 24.2 Å². The fraction of sp³-hybridized carbons (Fsp3) is 0.385. The van der Waals surface area contributed by atoms with Crippen molar-refractivity contribution in [1.82, 2.24) is 5.32 Å². The zero-order valence-corrected chi connectivity index (χ0v) is 11.5. The number of rotatable bonds is 4. The van der Waals surface area contributed by atoms with Gasteiger partial charge in [0.15, 0.2) is 0 Å². The highest BCUT2D eigenvalue weighted by Gasteiger charge is 2.27. The normalized spacial score (nSPS) is 10.9. The molecule has 0 spiro atoms. The molecule has 0 unspecified atom stereocenters. The first kappa shape index (κ1) is 14.5. The molecule has 0 fully saturated rings. The number of amides is 2. The highest BCUT2D eigenvalue weighted by atomic mass is 35.5. The van der Waals surface area contributed by atoms with Gasteiger partial charge >= 0.3 is 0 Å². The molecular weight excluding hydrogens is 252 g/mol. The molecule has 0 aliphatic rings. The number of nitrogens with one attached hydrogen (secondary N) is 2. The molecular formula is C13H17ClN2O2. The SMILES string of the molecule is CNC(=O)c1ccccc1NC(=O)C(C)(C)CCl. The summed E-state index contributed by atoms with van der Waals surface area (Å²) in [4.78, 5) is 23.6. The van der Waals surface area contributed by atoms with Crippen molar-refractivity contribution >= 4 is 29.1 Å². The van der Waals surface area contributed by atoms with Crippen LogP contribution in [0.4, 0.5) is 5.69 Å². The molecule has 1 aromatic carbocycles. The first-order valence-electron chi connectivity index (χ1n) is 5.61. The van der Waals surface area contributed by atoms with Gasteiger partial charge < -0.3 is 10.6 Å². The second-order valence-corrected chi connectivity index (χ2v) is 4.86. The van der Waals surface area contributed by atoms with Gasteiger partial charge in [-0.2, -0.15) is 0 Å². The Bertz CT molecular complexity index is 458. The number of benzene rings is 1. The second kappa shape index (κ2) is 5.87. The predicted octanol–water partition coefficient (Wildman–Crippen LogP) is 2.25. The fourth-order valence-corrected chi connectivity index (χ4v) is 1.40. The molecule has 1 aromatic rings. The molecule has 0 radical (unpaired) electrons. The molecule has 18 heavy (non-hydrogen) atoms. The Labute approximate surface area is 112 Å². The predicted molar refractivity (Wildman–Crippen MR) is 73.0 cm³/mol. The summed E-state index contributed by atoms with van der Waals surface area (Å²) >= 11 is 5.74. The third-order valence-corrected chi connectivity index (χ3v) is 3.26. The van der Waals surface area contributed by atoms with Crippen molar-refractivity contribution in [3.8, 4) is 0 Å². The molecule has 0 saturated heterocycles. The zero-order chi connectivity index (χ0) is 13.8. The molecule has 5 heteroatoms. The maximum Gasteiger partial charge on any atom is 0.253 e. The zero-order valence-electron chi connectivity index (χ0n) is 10.7.